The molecule has 1 aliphatic rings. The van der Waals surface area contributed by atoms with Crippen molar-refractivity contribution in [3.05, 3.63) is 76.9 Å². The molecule has 3 aromatic heterocycles. The Morgan fingerprint density at radius 3 is 2.74 bits per heavy atom. The zero-order valence-electron chi connectivity index (χ0n) is 18.8. The van der Waals surface area contributed by atoms with E-state index in [0.29, 0.717) is 24.2 Å². The molecule has 1 fully saturated rings. The lowest BCUT2D eigenvalue weighted by atomic mass is 10.0. The highest BCUT2D eigenvalue weighted by Gasteiger charge is 2.30. The van der Waals surface area contributed by atoms with Crippen molar-refractivity contribution in [3.63, 3.8) is 0 Å². The third-order valence-electron chi connectivity index (χ3n) is 6.11. The van der Waals surface area contributed by atoms with Gasteiger partial charge in [-0.15, -0.1) is 0 Å². The summed E-state index contributed by atoms with van der Waals surface area (Å²) in [6, 6.07) is 6.46. The topological polar surface area (TPSA) is 110 Å². The molecular formula is C23H21F2N5O4S. The minimum Gasteiger partial charge on any atom is -0.364 e. The van der Waals surface area contributed by atoms with Gasteiger partial charge in [0.15, 0.2) is 10.7 Å². The maximum Gasteiger partial charge on any atom is 0.269 e. The number of nitrogens with zero attached hydrogens (tertiary/aromatic N) is 4. The van der Waals surface area contributed by atoms with Crippen LogP contribution < -0.4 is 9.62 Å². The Hall–Kier alpha value is -3.80. The number of halogens is 2. The first-order valence-electron chi connectivity index (χ1n) is 10.8. The van der Waals surface area contributed by atoms with Gasteiger partial charge >= 0.3 is 0 Å². The highest BCUT2D eigenvalue weighted by atomic mass is 32.2. The summed E-state index contributed by atoms with van der Waals surface area (Å²) in [6.45, 7) is 3.51. The molecule has 5 rings (SSSR count). The Labute approximate surface area is 199 Å². The molecule has 182 valence electrons. The number of rotatable bonds is 5. The largest absolute Gasteiger partial charge is 0.364 e. The zero-order valence-corrected chi connectivity index (χ0v) is 19.6. The number of fused-ring (bicyclic) bond motifs is 1. The standard InChI is InChI=1S/C23H21F2N5O4S/c1-13-22(14(2)34-27-13)35(32,33)28-23(31)18-12-26-30-9-7-16(11-21(18)30)29-8-3-4-20(29)17-10-15(24)5-6-19(17)25/h5-7,9-12,20H,3-4,8H2,1-2H3,(H,28,31)/t20-/m1/s1. The molecular weight excluding hydrogens is 480 g/mol. The molecule has 0 aliphatic carbocycles. The van der Waals surface area contributed by atoms with E-state index in [2.05, 4.69) is 10.3 Å². The van der Waals surface area contributed by atoms with Gasteiger partial charge in [0, 0.05) is 24.0 Å². The van der Waals surface area contributed by atoms with Gasteiger partial charge < -0.3 is 9.42 Å². The number of aryl methyl sites for hydroxylation is 2. The second-order valence-corrected chi connectivity index (χ2v) is 10.00. The summed E-state index contributed by atoms with van der Waals surface area (Å²) < 4.78 is 62.3. The van der Waals surface area contributed by atoms with E-state index in [1.54, 1.807) is 18.3 Å². The summed E-state index contributed by atoms with van der Waals surface area (Å²) in [5, 5.41) is 7.76. The average molecular weight is 502 g/mol. The minimum absolute atomic E-state index is 0.0369. The van der Waals surface area contributed by atoms with E-state index >= 15 is 0 Å². The van der Waals surface area contributed by atoms with E-state index in [0.717, 1.165) is 18.6 Å². The smallest absolute Gasteiger partial charge is 0.269 e. The number of hydrogen-bond acceptors (Lipinski definition) is 7. The van der Waals surface area contributed by atoms with Crippen LogP contribution in [0.2, 0.25) is 0 Å². The van der Waals surface area contributed by atoms with Crippen LogP contribution in [-0.4, -0.2) is 35.6 Å². The third-order valence-corrected chi connectivity index (χ3v) is 7.69. The quantitative estimate of drug-likeness (QED) is 0.444. The van der Waals surface area contributed by atoms with Crippen molar-refractivity contribution in [2.24, 2.45) is 0 Å². The lowest BCUT2D eigenvalue weighted by Gasteiger charge is -2.27. The van der Waals surface area contributed by atoms with Crippen LogP contribution >= 0.6 is 0 Å². The maximum atomic E-state index is 14.5. The predicted octanol–water partition coefficient (Wildman–Crippen LogP) is 3.68. The Morgan fingerprint density at radius 2 is 2.00 bits per heavy atom. The average Bonchev–Trinajstić information content (AvgIpc) is 3.53. The van der Waals surface area contributed by atoms with Gasteiger partial charge in [-0.05, 0) is 57.0 Å². The van der Waals surface area contributed by atoms with Gasteiger partial charge in [-0.2, -0.15) is 5.10 Å². The van der Waals surface area contributed by atoms with Crippen molar-refractivity contribution in [3.8, 4) is 0 Å². The monoisotopic (exact) mass is 501 g/mol. The van der Waals surface area contributed by atoms with Crippen LogP contribution in [0.1, 0.15) is 46.3 Å². The molecule has 1 amide bonds. The lowest BCUT2D eigenvalue weighted by molar-refractivity contribution is 0.0983. The number of benzene rings is 1. The third kappa shape index (κ3) is 4.03. The number of amides is 1. The molecule has 0 unspecified atom stereocenters. The van der Waals surface area contributed by atoms with E-state index in [9.17, 15) is 22.0 Å². The van der Waals surface area contributed by atoms with Crippen LogP contribution in [-0.2, 0) is 10.0 Å². The van der Waals surface area contributed by atoms with Crippen molar-refractivity contribution < 1.29 is 26.5 Å². The highest BCUT2D eigenvalue weighted by molar-refractivity contribution is 7.90. The van der Waals surface area contributed by atoms with E-state index < -0.39 is 27.6 Å². The summed E-state index contributed by atoms with van der Waals surface area (Å²) in [5.74, 6) is -1.81. The second kappa shape index (κ2) is 8.45. The molecule has 1 atom stereocenters. The maximum absolute atomic E-state index is 14.5. The van der Waals surface area contributed by atoms with Crippen molar-refractivity contribution in [2.45, 2.75) is 37.6 Å². The van der Waals surface area contributed by atoms with Gasteiger partial charge in [0.2, 0.25) is 0 Å². The minimum atomic E-state index is -4.23. The fraction of sp³-hybridized carbons (Fsp3) is 0.261. The van der Waals surface area contributed by atoms with Crippen molar-refractivity contribution in [1.82, 2.24) is 19.5 Å². The molecule has 0 bridgehead atoms. The van der Waals surface area contributed by atoms with Gasteiger partial charge in [0.1, 0.15) is 17.3 Å². The SMILES string of the molecule is Cc1noc(C)c1S(=O)(=O)NC(=O)c1cnn2ccc(N3CCC[C@@H]3c3cc(F)ccc3F)cc12. The van der Waals surface area contributed by atoms with Crippen LogP contribution in [0, 0.1) is 25.5 Å². The summed E-state index contributed by atoms with van der Waals surface area (Å²) in [7, 11) is -4.23. The molecule has 4 heterocycles. The van der Waals surface area contributed by atoms with Crippen LogP contribution in [0.15, 0.2) is 52.1 Å². The highest BCUT2D eigenvalue weighted by Crippen LogP contribution is 2.38. The number of anilines is 1. The van der Waals surface area contributed by atoms with Crippen molar-refractivity contribution in [1.29, 1.82) is 0 Å². The molecule has 1 N–H and O–H groups in total. The van der Waals surface area contributed by atoms with Gasteiger partial charge in [0.25, 0.3) is 15.9 Å². The molecule has 4 aromatic rings. The molecule has 1 aliphatic heterocycles. The zero-order chi connectivity index (χ0) is 24.9. The number of hydrogen-bond donors (Lipinski definition) is 1. The normalized spacial score (nSPS) is 16.2. The summed E-state index contributed by atoms with van der Waals surface area (Å²) in [4.78, 5) is 14.7. The molecule has 35 heavy (non-hydrogen) atoms. The molecule has 12 heteroatoms. The second-order valence-electron chi connectivity index (χ2n) is 8.38. The fourth-order valence-corrected chi connectivity index (χ4v) is 5.88. The molecule has 9 nitrogen and oxygen atoms in total. The first-order valence-corrected chi connectivity index (χ1v) is 12.3. The Kier molecular flexibility index (Phi) is 5.55. The van der Waals surface area contributed by atoms with Crippen LogP contribution in [0.4, 0.5) is 14.5 Å². The van der Waals surface area contributed by atoms with Crippen molar-refractivity contribution >= 4 is 27.1 Å². The van der Waals surface area contributed by atoms with Gasteiger partial charge in [-0.1, -0.05) is 5.16 Å². The molecule has 0 spiro atoms. The van der Waals surface area contributed by atoms with E-state index in [1.807, 2.05) is 9.62 Å². The predicted molar refractivity (Wildman–Crippen MR) is 122 cm³/mol. The number of nitrogens with one attached hydrogen (secondary N) is 1. The molecule has 0 saturated carbocycles. The van der Waals surface area contributed by atoms with Crippen LogP contribution in [0.25, 0.3) is 5.52 Å². The Bertz CT molecular complexity index is 1540. The van der Waals surface area contributed by atoms with Crippen molar-refractivity contribution in [2.75, 3.05) is 11.4 Å². The Balaban J connectivity index is 1.48. The van der Waals surface area contributed by atoms with Gasteiger partial charge in [-0.25, -0.2) is 26.4 Å². The number of aromatic nitrogens is 3. The van der Waals surface area contributed by atoms with E-state index in [-0.39, 0.29) is 33.5 Å². The van der Waals surface area contributed by atoms with Crippen LogP contribution in [0.5, 0.6) is 0 Å². The number of carbonyl (C=O) groups excluding carboxylic acids is 1. The lowest BCUT2D eigenvalue weighted by Crippen LogP contribution is -2.31. The van der Waals surface area contributed by atoms with E-state index in [4.69, 9.17) is 4.52 Å². The fourth-order valence-electron chi connectivity index (χ4n) is 4.58. The number of pyridine rings is 1. The molecule has 1 aromatic carbocycles. The first kappa shape index (κ1) is 23.0. The van der Waals surface area contributed by atoms with Gasteiger partial charge in [-0.3, -0.25) is 4.79 Å². The number of carbonyl (C=O) groups is 1. The molecule has 0 radical (unpaired) electrons. The first-order chi connectivity index (χ1) is 16.7. The van der Waals surface area contributed by atoms with Gasteiger partial charge in [0.05, 0.1) is 23.3 Å². The van der Waals surface area contributed by atoms with E-state index in [1.165, 1.54) is 30.6 Å². The molecule has 1 saturated heterocycles. The Morgan fingerprint density at radius 1 is 1.20 bits per heavy atom. The van der Waals surface area contributed by atoms with Crippen LogP contribution in [0.3, 0.4) is 0 Å². The number of sulfonamides is 1. The summed E-state index contributed by atoms with van der Waals surface area (Å²) >= 11 is 0. The summed E-state index contributed by atoms with van der Waals surface area (Å²) in [6.07, 6.45) is 4.30. The summed E-state index contributed by atoms with van der Waals surface area (Å²) in [5.41, 5.74) is 1.47.